The predicted molar refractivity (Wildman–Crippen MR) is 50.2 cm³/mol. The number of nitrogens with zero attached hydrogens (tertiary/aromatic N) is 1. The van der Waals surface area contributed by atoms with Gasteiger partial charge in [-0.05, 0) is 18.2 Å². The summed E-state index contributed by atoms with van der Waals surface area (Å²) in [4.78, 5) is 1.55. The molecule has 0 unspecified atom stereocenters. The summed E-state index contributed by atoms with van der Waals surface area (Å²) < 4.78 is 36.9. The van der Waals surface area contributed by atoms with Crippen LogP contribution >= 0.6 is 0 Å². The number of benzene rings is 1. The number of alkyl halides is 3. The third-order valence-corrected chi connectivity index (χ3v) is 1.84. The molecule has 2 nitrogen and oxygen atoms in total. The monoisotopic (exact) mass is 204 g/mol. The molecule has 2 N–H and O–H groups in total. The van der Waals surface area contributed by atoms with Gasteiger partial charge in [0, 0.05) is 14.1 Å². The summed E-state index contributed by atoms with van der Waals surface area (Å²) >= 11 is 0. The molecule has 78 valence electrons. The highest BCUT2D eigenvalue weighted by atomic mass is 19.4. The van der Waals surface area contributed by atoms with Crippen LogP contribution in [0.25, 0.3) is 0 Å². The van der Waals surface area contributed by atoms with Gasteiger partial charge in [0.15, 0.2) is 0 Å². The Morgan fingerprint density at radius 3 is 2.21 bits per heavy atom. The molecule has 0 aliphatic carbocycles. The van der Waals surface area contributed by atoms with E-state index in [1.165, 1.54) is 6.07 Å². The Bertz CT molecular complexity index is 331. The van der Waals surface area contributed by atoms with Gasteiger partial charge in [-0.3, -0.25) is 0 Å². The zero-order chi connectivity index (χ0) is 10.9. The summed E-state index contributed by atoms with van der Waals surface area (Å²) in [6.07, 6.45) is -4.32. The molecule has 0 saturated carbocycles. The Labute approximate surface area is 80.1 Å². The summed E-state index contributed by atoms with van der Waals surface area (Å²) in [6, 6.07) is 3.27. The van der Waals surface area contributed by atoms with Gasteiger partial charge in [0.05, 0.1) is 16.9 Å². The molecule has 1 aromatic carbocycles. The maximum atomic E-state index is 12.3. The number of nitrogens with two attached hydrogens (primary N) is 1. The van der Waals surface area contributed by atoms with Crippen molar-refractivity contribution in [1.82, 2.24) is 0 Å². The lowest BCUT2D eigenvalue weighted by molar-refractivity contribution is -0.137. The van der Waals surface area contributed by atoms with Crippen LogP contribution in [0, 0.1) is 0 Å². The van der Waals surface area contributed by atoms with Crippen molar-refractivity contribution in [3.05, 3.63) is 23.8 Å². The number of nitrogen functional groups attached to an aromatic ring is 1. The third kappa shape index (κ3) is 2.10. The molecule has 1 rings (SSSR count). The molecule has 0 bridgehead atoms. The van der Waals surface area contributed by atoms with Gasteiger partial charge in [-0.25, -0.2) is 0 Å². The largest absolute Gasteiger partial charge is 0.416 e. The second-order valence-corrected chi connectivity index (χ2v) is 3.17. The number of hydrogen-bond donors (Lipinski definition) is 1. The molecule has 0 atom stereocenters. The summed E-state index contributed by atoms with van der Waals surface area (Å²) in [5, 5.41) is 0. The number of rotatable bonds is 1. The summed E-state index contributed by atoms with van der Waals surface area (Å²) in [5.74, 6) is 0. The highest BCUT2D eigenvalue weighted by Gasteiger charge is 2.30. The van der Waals surface area contributed by atoms with E-state index in [1.807, 2.05) is 0 Å². The Morgan fingerprint density at radius 2 is 1.79 bits per heavy atom. The van der Waals surface area contributed by atoms with E-state index < -0.39 is 11.7 Å². The van der Waals surface area contributed by atoms with E-state index in [2.05, 4.69) is 0 Å². The van der Waals surface area contributed by atoms with Gasteiger partial charge in [0.1, 0.15) is 0 Å². The molecule has 0 aliphatic heterocycles. The fraction of sp³-hybridized carbons (Fsp3) is 0.333. The normalized spacial score (nSPS) is 11.5. The van der Waals surface area contributed by atoms with Crippen LogP contribution in [-0.2, 0) is 6.18 Å². The van der Waals surface area contributed by atoms with E-state index in [4.69, 9.17) is 5.73 Å². The quantitative estimate of drug-likeness (QED) is 0.711. The second kappa shape index (κ2) is 3.40. The predicted octanol–water partition coefficient (Wildman–Crippen LogP) is 2.35. The lowest BCUT2D eigenvalue weighted by Gasteiger charge is -2.17. The molecule has 5 heteroatoms. The SMILES string of the molecule is CN(C)c1cc(C(F)(F)F)ccc1N. The van der Waals surface area contributed by atoms with Crippen LogP contribution in [0.4, 0.5) is 24.5 Å². The van der Waals surface area contributed by atoms with Crippen molar-refractivity contribution >= 4 is 11.4 Å². The molecule has 0 radical (unpaired) electrons. The Kier molecular flexibility index (Phi) is 2.59. The molecule has 1 aromatic rings. The van der Waals surface area contributed by atoms with Crippen LogP contribution in [-0.4, -0.2) is 14.1 Å². The van der Waals surface area contributed by atoms with Crippen molar-refractivity contribution < 1.29 is 13.2 Å². The minimum Gasteiger partial charge on any atom is -0.397 e. The van der Waals surface area contributed by atoms with Crippen molar-refractivity contribution in [1.29, 1.82) is 0 Å². The Hall–Kier alpha value is -1.39. The molecular weight excluding hydrogens is 193 g/mol. The first-order valence-electron chi connectivity index (χ1n) is 3.96. The zero-order valence-electron chi connectivity index (χ0n) is 7.89. The van der Waals surface area contributed by atoms with Crippen molar-refractivity contribution in [3.8, 4) is 0 Å². The zero-order valence-corrected chi connectivity index (χ0v) is 7.89. The van der Waals surface area contributed by atoms with Crippen LogP contribution in [0.3, 0.4) is 0 Å². The first-order chi connectivity index (χ1) is 6.32. The summed E-state index contributed by atoms with van der Waals surface area (Å²) in [7, 11) is 3.29. The summed E-state index contributed by atoms with van der Waals surface area (Å²) in [5.41, 5.74) is 5.55. The smallest absolute Gasteiger partial charge is 0.397 e. The van der Waals surface area contributed by atoms with Crippen molar-refractivity contribution in [3.63, 3.8) is 0 Å². The fourth-order valence-corrected chi connectivity index (χ4v) is 1.11. The second-order valence-electron chi connectivity index (χ2n) is 3.17. The Morgan fingerprint density at radius 1 is 1.21 bits per heavy atom. The van der Waals surface area contributed by atoms with Gasteiger partial charge >= 0.3 is 6.18 Å². The fourth-order valence-electron chi connectivity index (χ4n) is 1.11. The highest BCUT2D eigenvalue weighted by molar-refractivity contribution is 5.68. The average molecular weight is 204 g/mol. The van der Waals surface area contributed by atoms with Crippen LogP contribution < -0.4 is 10.6 Å². The molecule has 0 amide bonds. The van der Waals surface area contributed by atoms with Crippen molar-refractivity contribution in [2.24, 2.45) is 0 Å². The summed E-state index contributed by atoms with van der Waals surface area (Å²) in [6.45, 7) is 0. The molecule has 0 aromatic heterocycles. The maximum Gasteiger partial charge on any atom is 0.416 e. The first-order valence-corrected chi connectivity index (χ1v) is 3.96. The first kappa shape index (κ1) is 10.7. The number of halogens is 3. The molecular formula is C9H11F3N2. The minimum atomic E-state index is -4.32. The van der Waals surface area contributed by atoms with E-state index in [0.29, 0.717) is 11.4 Å². The Balaban J connectivity index is 3.20. The van der Waals surface area contributed by atoms with Gasteiger partial charge < -0.3 is 10.6 Å². The lowest BCUT2D eigenvalue weighted by Crippen LogP contribution is -2.13. The van der Waals surface area contributed by atoms with Gasteiger partial charge in [-0.2, -0.15) is 13.2 Å². The van der Waals surface area contributed by atoms with Crippen molar-refractivity contribution in [2.45, 2.75) is 6.18 Å². The molecule has 0 heterocycles. The van der Waals surface area contributed by atoms with Crippen LogP contribution in [0.1, 0.15) is 5.56 Å². The molecule has 0 aliphatic rings. The van der Waals surface area contributed by atoms with Gasteiger partial charge in [0.2, 0.25) is 0 Å². The minimum absolute atomic E-state index is 0.336. The standard InChI is InChI=1S/C9H11F3N2/c1-14(2)8-5-6(9(10,11)12)3-4-7(8)13/h3-5H,13H2,1-2H3. The third-order valence-electron chi connectivity index (χ3n) is 1.84. The number of hydrogen-bond acceptors (Lipinski definition) is 2. The molecule has 14 heavy (non-hydrogen) atoms. The van der Waals surface area contributed by atoms with Crippen LogP contribution in [0.2, 0.25) is 0 Å². The average Bonchev–Trinajstić information content (AvgIpc) is 2.02. The maximum absolute atomic E-state index is 12.3. The van der Waals surface area contributed by atoms with Crippen LogP contribution in [0.15, 0.2) is 18.2 Å². The van der Waals surface area contributed by atoms with E-state index in [1.54, 1.807) is 19.0 Å². The van der Waals surface area contributed by atoms with E-state index >= 15 is 0 Å². The number of anilines is 2. The van der Waals surface area contributed by atoms with Crippen molar-refractivity contribution in [2.75, 3.05) is 24.7 Å². The molecule has 0 saturated heterocycles. The van der Waals surface area contributed by atoms with Crippen LogP contribution in [0.5, 0.6) is 0 Å². The van der Waals surface area contributed by atoms with Gasteiger partial charge in [-0.1, -0.05) is 0 Å². The van der Waals surface area contributed by atoms with Gasteiger partial charge in [0.25, 0.3) is 0 Å². The van der Waals surface area contributed by atoms with E-state index in [0.717, 1.165) is 12.1 Å². The molecule has 0 spiro atoms. The lowest BCUT2D eigenvalue weighted by atomic mass is 10.1. The van der Waals surface area contributed by atoms with E-state index in [-0.39, 0.29) is 0 Å². The molecule has 0 fully saturated rings. The topological polar surface area (TPSA) is 29.3 Å². The highest BCUT2D eigenvalue weighted by Crippen LogP contribution is 2.33. The van der Waals surface area contributed by atoms with Gasteiger partial charge in [-0.15, -0.1) is 0 Å². The van der Waals surface area contributed by atoms with E-state index in [9.17, 15) is 13.2 Å².